The number of unbranched alkanes of at least 4 members (excludes halogenated alkanes) is 21. The average molecular weight is 602 g/mol. The van der Waals surface area contributed by atoms with Gasteiger partial charge in [0, 0.05) is 0 Å². The lowest BCUT2D eigenvalue weighted by molar-refractivity contribution is -0.869. The third-order valence-corrected chi connectivity index (χ3v) is 9.42. The van der Waals surface area contributed by atoms with Crippen LogP contribution in [0.5, 0.6) is 0 Å². The van der Waals surface area contributed by atoms with E-state index in [4.69, 9.17) is 9.05 Å². The smallest absolute Gasteiger partial charge is 0.330 e. The first-order valence-corrected chi connectivity index (χ1v) is 19.5. The Morgan fingerprint density at radius 1 is 0.537 bits per heavy atom. The Morgan fingerprint density at radius 2 is 0.878 bits per heavy atom. The van der Waals surface area contributed by atoms with Crippen molar-refractivity contribution in [2.24, 2.45) is 0 Å². The number of likely N-dealkylation sites (N-methyl/N-ethyl adjacent to an activating group) is 1. The zero-order valence-corrected chi connectivity index (χ0v) is 29.5. The quantitative estimate of drug-likeness (QED) is 0.0352. The second kappa shape index (κ2) is 29.9. The maximum atomic E-state index is 13.4. The van der Waals surface area contributed by atoms with E-state index >= 15 is 0 Å². The maximum absolute atomic E-state index is 13.4. The molecule has 0 fully saturated rings. The third kappa shape index (κ3) is 32.6. The molecule has 0 saturated carbocycles. The molecule has 6 heteroatoms. The molecule has 0 bridgehead atoms. The largest absolute Gasteiger partial charge is 0.405 e. The molecule has 41 heavy (non-hydrogen) atoms. The van der Waals surface area contributed by atoms with Gasteiger partial charge in [-0.25, -0.2) is 9.65 Å². The maximum Gasteiger partial charge on any atom is 0.405 e. The molecular formula is C35H74N2O3P+. The molecule has 0 radical (unpaired) electrons. The lowest BCUT2D eigenvalue weighted by Crippen LogP contribution is -2.40. The second-order valence-corrected chi connectivity index (χ2v) is 15.0. The van der Waals surface area contributed by atoms with Crippen LogP contribution in [0.3, 0.4) is 0 Å². The summed E-state index contributed by atoms with van der Waals surface area (Å²) < 4.78 is 25.9. The topological polar surface area (TPSA) is 47.6 Å². The molecule has 0 aliphatic rings. The van der Waals surface area contributed by atoms with Gasteiger partial charge in [0.2, 0.25) is 0 Å². The molecule has 0 rings (SSSR count). The second-order valence-electron chi connectivity index (χ2n) is 13.2. The van der Waals surface area contributed by atoms with E-state index in [0.29, 0.717) is 19.8 Å². The summed E-state index contributed by atoms with van der Waals surface area (Å²) in [5.41, 5.74) is 0. The van der Waals surface area contributed by atoms with Crippen molar-refractivity contribution in [1.29, 1.82) is 0 Å². The minimum atomic E-state index is -3.24. The molecule has 0 saturated heterocycles. The minimum Gasteiger partial charge on any atom is -0.330 e. The molecule has 1 atom stereocenters. The summed E-state index contributed by atoms with van der Waals surface area (Å²) in [6.45, 7) is 7.08. The highest BCUT2D eigenvalue weighted by Crippen LogP contribution is 2.44. The van der Waals surface area contributed by atoms with Crippen LogP contribution in [0.4, 0.5) is 0 Å². The van der Waals surface area contributed by atoms with Gasteiger partial charge in [-0.15, -0.1) is 0 Å². The molecule has 0 aromatic rings. The lowest BCUT2D eigenvalue weighted by Gasteiger charge is -2.25. The van der Waals surface area contributed by atoms with Crippen LogP contribution in [0.2, 0.25) is 0 Å². The number of quaternary nitrogens is 1. The standard InChI is InChI=1S/C35H74N2O3P/c1-6-8-10-12-14-16-18-19-20-21-22-23-25-27-29-31-35-40-41(38,36-32-33-37(3,4)5)39-34-30-28-26-24-17-15-13-11-9-7-2/h19-20H,6-18,21-35H2,1-5H3,(H,36,38)/q+1/b20-19-. The first kappa shape index (κ1) is 40.8. The number of nitrogens with one attached hydrogen (secondary N) is 1. The third-order valence-electron chi connectivity index (χ3n) is 7.76. The van der Waals surface area contributed by atoms with Crippen LogP contribution in [-0.4, -0.2) is 51.9 Å². The summed E-state index contributed by atoms with van der Waals surface area (Å²) in [5.74, 6) is 0. The first-order chi connectivity index (χ1) is 19.8. The normalized spacial score (nSPS) is 13.8. The van der Waals surface area contributed by atoms with E-state index in [1.165, 1.54) is 128 Å². The number of rotatable bonds is 33. The Labute approximate surface area is 258 Å². The van der Waals surface area contributed by atoms with E-state index in [0.717, 1.165) is 36.7 Å². The van der Waals surface area contributed by atoms with Gasteiger partial charge in [0.1, 0.15) is 0 Å². The van der Waals surface area contributed by atoms with Crippen molar-refractivity contribution in [3.63, 3.8) is 0 Å². The first-order valence-electron chi connectivity index (χ1n) is 17.9. The summed E-state index contributed by atoms with van der Waals surface area (Å²) in [5, 5.41) is 3.13. The molecule has 1 unspecified atom stereocenters. The Bertz CT molecular complexity index is 607. The zero-order chi connectivity index (χ0) is 30.3. The van der Waals surface area contributed by atoms with Crippen molar-refractivity contribution < 1.29 is 18.1 Å². The van der Waals surface area contributed by atoms with Gasteiger partial charge in [-0.3, -0.25) is 9.05 Å². The Kier molecular flexibility index (Phi) is 29.7. The zero-order valence-electron chi connectivity index (χ0n) is 28.6. The molecule has 0 aromatic heterocycles. The Balaban J connectivity index is 3.92. The number of hydrogen-bond donors (Lipinski definition) is 1. The van der Waals surface area contributed by atoms with E-state index in [-0.39, 0.29) is 0 Å². The van der Waals surface area contributed by atoms with Crippen LogP contribution in [0.15, 0.2) is 12.2 Å². The fourth-order valence-electron chi connectivity index (χ4n) is 4.96. The summed E-state index contributed by atoms with van der Waals surface area (Å²) in [6.07, 6.45) is 35.5. The van der Waals surface area contributed by atoms with Crippen molar-refractivity contribution in [2.45, 2.75) is 168 Å². The van der Waals surface area contributed by atoms with Gasteiger partial charge in [-0.2, -0.15) is 0 Å². The SMILES string of the molecule is CCCCCCCC/C=C\CCCCCCCCOP(=O)(NCC[N+](C)(C)C)OCCCCCCCCCCCC. The minimum absolute atomic E-state index is 0.508. The Hall–Kier alpha value is -0.190. The monoisotopic (exact) mass is 602 g/mol. The van der Waals surface area contributed by atoms with Crippen molar-refractivity contribution in [1.82, 2.24) is 5.09 Å². The molecule has 0 aliphatic heterocycles. The summed E-state index contributed by atoms with van der Waals surface area (Å²) in [6, 6.07) is 0. The van der Waals surface area contributed by atoms with Gasteiger partial charge in [-0.05, 0) is 38.5 Å². The molecule has 1 N–H and O–H groups in total. The predicted molar refractivity (Wildman–Crippen MR) is 182 cm³/mol. The fraction of sp³-hybridized carbons (Fsp3) is 0.943. The highest BCUT2D eigenvalue weighted by Gasteiger charge is 2.25. The van der Waals surface area contributed by atoms with Gasteiger partial charge < -0.3 is 4.48 Å². The van der Waals surface area contributed by atoms with Crippen molar-refractivity contribution in [2.75, 3.05) is 47.4 Å². The number of nitrogens with zero attached hydrogens (tertiary/aromatic N) is 1. The van der Waals surface area contributed by atoms with Gasteiger partial charge in [0.25, 0.3) is 0 Å². The molecule has 246 valence electrons. The van der Waals surface area contributed by atoms with Crippen LogP contribution in [0, 0.1) is 0 Å². The average Bonchev–Trinajstić information content (AvgIpc) is 2.93. The van der Waals surface area contributed by atoms with E-state index in [1.54, 1.807) is 0 Å². The van der Waals surface area contributed by atoms with E-state index in [1.807, 2.05) is 0 Å². The molecular weight excluding hydrogens is 527 g/mol. The number of allylic oxidation sites excluding steroid dienone is 2. The van der Waals surface area contributed by atoms with Gasteiger partial charge in [-0.1, -0.05) is 142 Å². The fourth-order valence-corrected chi connectivity index (χ4v) is 6.33. The predicted octanol–water partition coefficient (Wildman–Crippen LogP) is 11.4. The molecule has 0 heterocycles. The molecule has 0 amide bonds. The highest BCUT2D eigenvalue weighted by molar-refractivity contribution is 7.51. The highest BCUT2D eigenvalue weighted by atomic mass is 31.2. The lowest BCUT2D eigenvalue weighted by atomic mass is 10.1. The molecule has 0 aliphatic carbocycles. The van der Waals surface area contributed by atoms with E-state index in [9.17, 15) is 4.57 Å². The van der Waals surface area contributed by atoms with Crippen LogP contribution in [0.25, 0.3) is 0 Å². The molecule has 0 aromatic carbocycles. The van der Waals surface area contributed by atoms with Gasteiger partial charge in [0.05, 0.1) is 47.4 Å². The Morgan fingerprint density at radius 3 is 1.24 bits per heavy atom. The van der Waals surface area contributed by atoms with Crippen LogP contribution in [-0.2, 0) is 13.6 Å². The summed E-state index contributed by atoms with van der Waals surface area (Å²) in [4.78, 5) is 0. The van der Waals surface area contributed by atoms with Gasteiger partial charge >= 0.3 is 7.75 Å². The van der Waals surface area contributed by atoms with Crippen molar-refractivity contribution in [3.8, 4) is 0 Å². The molecule has 0 spiro atoms. The number of hydrogen-bond acceptors (Lipinski definition) is 3. The van der Waals surface area contributed by atoms with Crippen molar-refractivity contribution in [3.05, 3.63) is 12.2 Å². The van der Waals surface area contributed by atoms with Crippen LogP contribution in [0.1, 0.15) is 168 Å². The van der Waals surface area contributed by atoms with Crippen LogP contribution < -0.4 is 5.09 Å². The molecule has 5 nitrogen and oxygen atoms in total. The van der Waals surface area contributed by atoms with Gasteiger partial charge in [0.15, 0.2) is 0 Å². The summed E-state index contributed by atoms with van der Waals surface area (Å²) >= 11 is 0. The van der Waals surface area contributed by atoms with E-state index < -0.39 is 7.75 Å². The van der Waals surface area contributed by atoms with Crippen molar-refractivity contribution >= 4 is 7.75 Å². The van der Waals surface area contributed by atoms with E-state index in [2.05, 4.69) is 52.2 Å². The van der Waals surface area contributed by atoms with Crippen LogP contribution >= 0.6 is 7.75 Å². The summed E-state index contributed by atoms with van der Waals surface area (Å²) in [7, 11) is 3.19.